The molecule has 0 saturated carbocycles. The number of carbonyl (C=O) groups is 1. The van der Waals surface area contributed by atoms with Crippen molar-refractivity contribution in [2.45, 2.75) is 31.3 Å². The number of hydrogen-bond donors (Lipinski definition) is 2. The molecule has 9 nitrogen and oxygen atoms in total. The molecule has 2 N–H and O–H groups in total. The van der Waals surface area contributed by atoms with Crippen molar-refractivity contribution in [2.24, 2.45) is 0 Å². The number of carbonyl (C=O) groups excluding carboxylic acids is 1. The van der Waals surface area contributed by atoms with E-state index < -0.39 is 11.8 Å². The second-order valence-electron chi connectivity index (χ2n) is 8.62. The number of H-pyrrole nitrogens is 1. The van der Waals surface area contributed by atoms with Crippen LogP contribution in [-0.4, -0.2) is 41.9 Å². The molecule has 1 aromatic carbocycles. The maximum absolute atomic E-state index is 15.1. The minimum absolute atomic E-state index is 0.00935. The number of halogens is 2. The molecule has 1 saturated heterocycles. The summed E-state index contributed by atoms with van der Waals surface area (Å²) in [4.78, 5) is 30.5. The molecule has 5 heterocycles. The minimum Gasteiger partial charge on any atom is -0.313 e. The summed E-state index contributed by atoms with van der Waals surface area (Å²) in [5, 5.41) is 13.9. The molecule has 6 rings (SSSR count). The number of pyridine rings is 1. The third-order valence-corrected chi connectivity index (χ3v) is 6.86. The molecule has 2 amide bonds. The van der Waals surface area contributed by atoms with Crippen molar-refractivity contribution in [1.82, 2.24) is 29.9 Å². The highest BCUT2D eigenvalue weighted by atomic mass is 35.5. The lowest BCUT2D eigenvalue weighted by Crippen LogP contribution is -2.45. The molecule has 0 aliphatic carbocycles. The molecule has 1 fully saturated rings. The molecular formula is C24H19ClFN7O2. The van der Waals surface area contributed by atoms with Crippen LogP contribution in [0, 0.1) is 5.82 Å². The third-order valence-electron chi connectivity index (χ3n) is 6.55. The topological polar surface area (TPSA) is 109 Å². The van der Waals surface area contributed by atoms with Crippen LogP contribution < -0.4 is 10.9 Å². The van der Waals surface area contributed by atoms with E-state index in [2.05, 4.69) is 25.6 Å². The molecule has 35 heavy (non-hydrogen) atoms. The summed E-state index contributed by atoms with van der Waals surface area (Å²) in [6, 6.07) is 7.07. The number of amides is 2. The van der Waals surface area contributed by atoms with Crippen molar-refractivity contribution in [2.75, 3.05) is 5.32 Å². The normalized spacial score (nSPS) is 18.4. The highest BCUT2D eigenvalue weighted by Gasteiger charge is 2.44. The number of urea groups is 1. The fourth-order valence-electron chi connectivity index (χ4n) is 4.96. The van der Waals surface area contributed by atoms with Gasteiger partial charge >= 0.3 is 6.03 Å². The Balaban J connectivity index is 1.25. The van der Waals surface area contributed by atoms with E-state index in [1.807, 2.05) is 0 Å². The first kappa shape index (κ1) is 21.5. The molecule has 2 atom stereocenters. The van der Waals surface area contributed by atoms with Crippen LogP contribution in [0.2, 0.25) is 5.02 Å². The van der Waals surface area contributed by atoms with Gasteiger partial charge in [-0.05, 0) is 49.1 Å². The van der Waals surface area contributed by atoms with E-state index in [9.17, 15) is 9.59 Å². The smallest absolute Gasteiger partial charge is 0.313 e. The number of aromatic nitrogens is 5. The number of nitrogens with zero attached hydrogens (tertiary/aromatic N) is 5. The molecule has 4 aromatic rings. The predicted molar refractivity (Wildman–Crippen MR) is 127 cm³/mol. The number of hydrogen-bond acceptors (Lipinski definition) is 5. The van der Waals surface area contributed by atoms with Gasteiger partial charge in [-0.25, -0.2) is 19.0 Å². The zero-order valence-corrected chi connectivity index (χ0v) is 19.0. The van der Waals surface area contributed by atoms with Crippen LogP contribution in [0.3, 0.4) is 0 Å². The van der Waals surface area contributed by atoms with Crippen LogP contribution in [0.25, 0.3) is 16.8 Å². The molecule has 176 valence electrons. The first-order valence-corrected chi connectivity index (χ1v) is 11.5. The van der Waals surface area contributed by atoms with Gasteiger partial charge in [-0.1, -0.05) is 11.6 Å². The van der Waals surface area contributed by atoms with E-state index in [0.717, 1.165) is 24.1 Å². The first-order chi connectivity index (χ1) is 17.0. The summed E-state index contributed by atoms with van der Waals surface area (Å²) in [5.74, 6) is -0.610. The summed E-state index contributed by atoms with van der Waals surface area (Å²) < 4.78 is 16.7. The van der Waals surface area contributed by atoms with E-state index >= 15 is 4.39 Å². The summed E-state index contributed by atoms with van der Waals surface area (Å²) in [5.41, 5.74) is 3.18. The summed E-state index contributed by atoms with van der Waals surface area (Å²) >= 11 is 6.49. The van der Waals surface area contributed by atoms with Gasteiger partial charge in [0.05, 0.1) is 34.3 Å². The quantitative estimate of drug-likeness (QED) is 0.448. The molecule has 0 spiro atoms. The van der Waals surface area contributed by atoms with E-state index in [0.29, 0.717) is 23.2 Å². The Bertz CT molecular complexity index is 1500. The van der Waals surface area contributed by atoms with E-state index in [1.165, 1.54) is 18.2 Å². The molecular weight excluding hydrogens is 473 g/mol. The Labute approximate surface area is 203 Å². The molecule has 2 aliphatic rings. The Hall–Kier alpha value is -4.05. The molecule has 0 unspecified atom stereocenters. The van der Waals surface area contributed by atoms with Crippen LogP contribution in [-0.2, 0) is 6.42 Å². The largest absolute Gasteiger partial charge is 0.322 e. The van der Waals surface area contributed by atoms with Crippen LogP contribution in [0.5, 0.6) is 0 Å². The maximum Gasteiger partial charge on any atom is 0.322 e. The first-order valence-electron chi connectivity index (χ1n) is 11.1. The predicted octanol–water partition coefficient (Wildman–Crippen LogP) is 4.10. The summed E-state index contributed by atoms with van der Waals surface area (Å²) in [6.07, 6.45) is 8.71. The number of anilines is 1. The lowest BCUT2D eigenvalue weighted by Gasteiger charge is -2.35. The average molecular weight is 492 g/mol. The van der Waals surface area contributed by atoms with Crippen LogP contribution >= 0.6 is 11.6 Å². The molecule has 11 heteroatoms. The lowest BCUT2D eigenvalue weighted by atomic mass is 9.99. The Kier molecular flexibility index (Phi) is 5.10. The van der Waals surface area contributed by atoms with Gasteiger partial charge in [-0.3, -0.25) is 9.78 Å². The standard InChI is InChI=1S/C24H19ClFN7O2/c25-18-10-20(19(26)9-17(18)14-11-28-32(12-14)15-3-5-27-6-4-15)29-24(35)33-16-1-2-21(33)23-13(7-16)8-22(34)30-31-23/h3-6,8-12,16,21H,1-2,7H2,(H,29,35)(H,30,34)/t16-,21+/m0/s1. The summed E-state index contributed by atoms with van der Waals surface area (Å²) in [7, 11) is 0. The monoisotopic (exact) mass is 491 g/mol. The van der Waals surface area contributed by atoms with Crippen molar-refractivity contribution in [3.63, 3.8) is 0 Å². The van der Waals surface area contributed by atoms with Gasteiger partial charge in [0.25, 0.3) is 5.56 Å². The molecule has 2 aliphatic heterocycles. The van der Waals surface area contributed by atoms with E-state index in [1.54, 1.807) is 46.5 Å². The average Bonchev–Trinajstić information content (AvgIpc) is 3.46. The number of fused-ring (bicyclic) bond motifs is 4. The van der Waals surface area contributed by atoms with Crippen molar-refractivity contribution < 1.29 is 9.18 Å². The Morgan fingerprint density at radius 1 is 1.20 bits per heavy atom. The fourth-order valence-corrected chi connectivity index (χ4v) is 5.23. The van der Waals surface area contributed by atoms with Crippen LogP contribution in [0.1, 0.15) is 30.1 Å². The maximum atomic E-state index is 15.1. The van der Waals surface area contributed by atoms with Crippen molar-refractivity contribution in [3.8, 4) is 16.8 Å². The number of rotatable bonds is 3. The van der Waals surface area contributed by atoms with Crippen LogP contribution in [0.4, 0.5) is 14.9 Å². The van der Waals surface area contributed by atoms with E-state index in [4.69, 9.17) is 11.6 Å². The third kappa shape index (κ3) is 3.75. The minimum atomic E-state index is -0.610. The number of aromatic amines is 1. The van der Waals surface area contributed by atoms with Gasteiger partial charge in [0.15, 0.2) is 0 Å². The highest BCUT2D eigenvalue weighted by molar-refractivity contribution is 6.33. The molecule has 2 bridgehead atoms. The second kappa shape index (κ2) is 8.31. The highest BCUT2D eigenvalue weighted by Crippen LogP contribution is 2.42. The zero-order valence-electron chi connectivity index (χ0n) is 18.3. The zero-order chi connectivity index (χ0) is 24.1. The summed E-state index contributed by atoms with van der Waals surface area (Å²) in [6.45, 7) is 0. The van der Waals surface area contributed by atoms with E-state index in [-0.39, 0.29) is 28.4 Å². The van der Waals surface area contributed by atoms with Crippen LogP contribution in [0.15, 0.2) is 59.9 Å². The van der Waals surface area contributed by atoms with Gasteiger partial charge in [0.1, 0.15) is 5.82 Å². The van der Waals surface area contributed by atoms with Gasteiger partial charge in [0, 0.05) is 41.8 Å². The Morgan fingerprint density at radius 3 is 2.86 bits per heavy atom. The fraction of sp³-hybridized carbons (Fsp3) is 0.208. The van der Waals surface area contributed by atoms with Crippen molar-refractivity contribution in [3.05, 3.63) is 87.6 Å². The molecule has 0 radical (unpaired) electrons. The lowest BCUT2D eigenvalue weighted by molar-refractivity contribution is 0.177. The van der Waals surface area contributed by atoms with Gasteiger partial charge < -0.3 is 10.2 Å². The SMILES string of the molecule is O=C(Nc1cc(Cl)c(-c2cnn(-c3ccncc3)c2)cc1F)N1[C@H]2CC[C@@H]1c1n[nH]c(=O)cc1C2. The van der Waals surface area contributed by atoms with Crippen molar-refractivity contribution in [1.29, 1.82) is 0 Å². The number of nitrogens with one attached hydrogen (secondary N) is 2. The van der Waals surface area contributed by atoms with Crippen molar-refractivity contribution >= 4 is 23.3 Å². The van der Waals surface area contributed by atoms with Gasteiger partial charge in [-0.15, -0.1) is 0 Å². The van der Waals surface area contributed by atoms with Gasteiger partial charge in [-0.2, -0.15) is 10.2 Å². The second-order valence-corrected chi connectivity index (χ2v) is 9.03. The Morgan fingerprint density at radius 2 is 2.03 bits per heavy atom. The van der Waals surface area contributed by atoms with Gasteiger partial charge in [0.2, 0.25) is 0 Å². The molecule has 3 aromatic heterocycles. The number of benzene rings is 1.